The summed E-state index contributed by atoms with van der Waals surface area (Å²) in [4.78, 5) is 25.3. The van der Waals surface area contributed by atoms with Crippen LogP contribution in [0.2, 0.25) is 0 Å². The first-order chi connectivity index (χ1) is 15.1. The van der Waals surface area contributed by atoms with Crippen molar-refractivity contribution < 1.29 is 14.3 Å². The van der Waals surface area contributed by atoms with Crippen LogP contribution in [0.1, 0.15) is 35.2 Å². The van der Waals surface area contributed by atoms with Crippen molar-refractivity contribution in [2.45, 2.75) is 31.8 Å². The minimum Gasteiger partial charge on any atom is -0.467 e. The molecule has 0 aliphatic rings. The van der Waals surface area contributed by atoms with E-state index in [0.29, 0.717) is 6.42 Å². The van der Waals surface area contributed by atoms with Crippen molar-refractivity contribution in [3.63, 3.8) is 0 Å². The van der Waals surface area contributed by atoms with E-state index in [9.17, 15) is 9.59 Å². The molecule has 1 atom stereocenters. The molecular formula is C26H28N2O3. The molecule has 0 radical (unpaired) electrons. The zero-order valence-corrected chi connectivity index (χ0v) is 17.9. The van der Waals surface area contributed by atoms with Gasteiger partial charge in [0, 0.05) is 6.42 Å². The summed E-state index contributed by atoms with van der Waals surface area (Å²) in [6.45, 7) is 2.08. The largest absolute Gasteiger partial charge is 0.467 e. The van der Waals surface area contributed by atoms with Crippen molar-refractivity contribution in [2.75, 3.05) is 7.11 Å². The summed E-state index contributed by atoms with van der Waals surface area (Å²) in [5.74, 6) is -0.479. The van der Waals surface area contributed by atoms with E-state index >= 15 is 0 Å². The molecule has 3 aromatic carbocycles. The van der Waals surface area contributed by atoms with Crippen LogP contribution in [0.5, 0.6) is 0 Å². The number of esters is 1. The van der Waals surface area contributed by atoms with E-state index in [-0.39, 0.29) is 6.04 Å². The Balaban J connectivity index is 1.77. The molecule has 160 valence electrons. The maximum absolute atomic E-state index is 12.9. The van der Waals surface area contributed by atoms with Gasteiger partial charge in [0.05, 0.1) is 13.2 Å². The summed E-state index contributed by atoms with van der Waals surface area (Å²) >= 11 is 0. The van der Waals surface area contributed by atoms with Crippen LogP contribution in [0.4, 0.5) is 4.79 Å². The van der Waals surface area contributed by atoms with Gasteiger partial charge in [0.2, 0.25) is 0 Å². The van der Waals surface area contributed by atoms with Gasteiger partial charge in [-0.15, -0.1) is 0 Å². The van der Waals surface area contributed by atoms with Crippen LogP contribution in [0, 0.1) is 0 Å². The van der Waals surface area contributed by atoms with Crippen LogP contribution in [-0.2, 0) is 22.4 Å². The van der Waals surface area contributed by atoms with E-state index in [0.717, 1.165) is 23.1 Å². The molecule has 0 aromatic heterocycles. The average Bonchev–Trinajstić information content (AvgIpc) is 2.83. The molecule has 0 saturated carbocycles. The Morgan fingerprint density at radius 1 is 0.806 bits per heavy atom. The Kier molecular flexibility index (Phi) is 7.82. The Morgan fingerprint density at radius 3 is 1.94 bits per heavy atom. The Morgan fingerprint density at radius 2 is 1.39 bits per heavy atom. The zero-order chi connectivity index (χ0) is 22.1. The van der Waals surface area contributed by atoms with Gasteiger partial charge in [-0.3, -0.25) is 0 Å². The highest BCUT2D eigenvalue weighted by molar-refractivity contribution is 5.84. The van der Waals surface area contributed by atoms with Gasteiger partial charge < -0.3 is 15.4 Å². The third-order valence-corrected chi connectivity index (χ3v) is 5.17. The number of hydrogen-bond acceptors (Lipinski definition) is 3. The number of rotatable bonds is 8. The van der Waals surface area contributed by atoms with Gasteiger partial charge in [-0.25, -0.2) is 9.59 Å². The standard InChI is InChI=1S/C26H28N2O3/c1-3-19-11-10-12-20(17-19)18-23(25(29)31-2)27-26(30)28-24(21-13-6-4-7-14-21)22-15-8-5-9-16-22/h4-17,23-24H,3,18H2,1-2H3,(H2,27,28,30)/t23-/m0/s1. The molecule has 31 heavy (non-hydrogen) atoms. The van der Waals surface area contributed by atoms with Crippen LogP contribution < -0.4 is 10.6 Å². The predicted molar refractivity (Wildman–Crippen MR) is 122 cm³/mol. The first kappa shape index (κ1) is 22.1. The number of benzene rings is 3. The molecule has 0 aliphatic heterocycles. The third kappa shape index (κ3) is 6.19. The minimum absolute atomic E-state index is 0.343. The smallest absolute Gasteiger partial charge is 0.328 e. The van der Waals surface area contributed by atoms with E-state index in [2.05, 4.69) is 17.6 Å². The van der Waals surface area contributed by atoms with Gasteiger partial charge in [0.1, 0.15) is 6.04 Å². The quantitative estimate of drug-likeness (QED) is 0.534. The zero-order valence-electron chi connectivity index (χ0n) is 17.9. The van der Waals surface area contributed by atoms with Gasteiger partial charge in [-0.2, -0.15) is 0 Å². The number of aryl methyl sites for hydroxylation is 1. The molecule has 0 bridgehead atoms. The van der Waals surface area contributed by atoms with Crippen molar-refractivity contribution in [3.8, 4) is 0 Å². The number of urea groups is 1. The summed E-state index contributed by atoms with van der Waals surface area (Å²) in [6, 6.07) is 25.9. The second kappa shape index (κ2) is 11.0. The molecule has 0 fully saturated rings. The first-order valence-electron chi connectivity index (χ1n) is 10.4. The summed E-state index contributed by atoms with van der Waals surface area (Å²) in [7, 11) is 1.33. The summed E-state index contributed by atoms with van der Waals surface area (Å²) in [6.07, 6.45) is 1.26. The van der Waals surface area contributed by atoms with Crippen molar-refractivity contribution in [3.05, 3.63) is 107 Å². The van der Waals surface area contributed by atoms with Crippen LogP contribution in [0.3, 0.4) is 0 Å². The predicted octanol–water partition coefficient (Wildman–Crippen LogP) is 4.42. The number of nitrogens with one attached hydrogen (secondary N) is 2. The minimum atomic E-state index is -0.788. The van der Waals surface area contributed by atoms with Gasteiger partial charge >= 0.3 is 12.0 Å². The highest BCUT2D eigenvalue weighted by Crippen LogP contribution is 2.21. The van der Waals surface area contributed by atoms with Crippen LogP contribution >= 0.6 is 0 Å². The number of carbonyl (C=O) groups is 2. The second-order valence-electron chi connectivity index (χ2n) is 7.33. The molecule has 0 saturated heterocycles. The highest BCUT2D eigenvalue weighted by Gasteiger charge is 2.24. The number of amides is 2. The van der Waals surface area contributed by atoms with Crippen LogP contribution in [0.15, 0.2) is 84.9 Å². The molecule has 5 heteroatoms. The Bertz CT molecular complexity index is 950. The number of methoxy groups -OCH3 is 1. The SMILES string of the molecule is CCc1cccc(C[C@H](NC(=O)NC(c2ccccc2)c2ccccc2)C(=O)OC)c1. The second-order valence-corrected chi connectivity index (χ2v) is 7.33. The lowest BCUT2D eigenvalue weighted by Crippen LogP contribution is -2.48. The van der Waals surface area contributed by atoms with Crippen LogP contribution in [0.25, 0.3) is 0 Å². The van der Waals surface area contributed by atoms with E-state index in [1.165, 1.54) is 12.7 Å². The average molecular weight is 417 g/mol. The Hall–Kier alpha value is -3.60. The number of ether oxygens (including phenoxy) is 1. The van der Waals surface area contributed by atoms with Crippen molar-refractivity contribution >= 4 is 12.0 Å². The van der Waals surface area contributed by atoms with Crippen molar-refractivity contribution in [2.24, 2.45) is 0 Å². The molecule has 3 aromatic rings. The lowest BCUT2D eigenvalue weighted by atomic mass is 9.99. The molecule has 0 spiro atoms. The van der Waals surface area contributed by atoms with Crippen molar-refractivity contribution in [1.29, 1.82) is 0 Å². The van der Waals surface area contributed by atoms with Gasteiger partial charge in [0.15, 0.2) is 0 Å². The lowest BCUT2D eigenvalue weighted by molar-refractivity contribution is -0.142. The molecule has 0 unspecified atom stereocenters. The maximum Gasteiger partial charge on any atom is 0.328 e. The van der Waals surface area contributed by atoms with Crippen molar-refractivity contribution in [1.82, 2.24) is 10.6 Å². The molecule has 0 aliphatic carbocycles. The third-order valence-electron chi connectivity index (χ3n) is 5.17. The molecular weight excluding hydrogens is 388 g/mol. The summed E-state index contributed by atoms with van der Waals surface area (Å²) in [5.41, 5.74) is 4.06. The van der Waals surface area contributed by atoms with E-state index < -0.39 is 18.0 Å². The fourth-order valence-corrected chi connectivity index (χ4v) is 3.53. The Labute approximate surface area is 183 Å². The summed E-state index contributed by atoms with van der Waals surface area (Å²) < 4.78 is 4.93. The van der Waals surface area contributed by atoms with Gasteiger partial charge in [-0.1, -0.05) is 91.9 Å². The molecule has 3 rings (SSSR count). The monoisotopic (exact) mass is 416 g/mol. The summed E-state index contributed by atoms with van der Waals surface area (Å²) in [5, 5.41) is 5.81. The van der Waals surface area contributed by atoms with Gasteiger partial charge in [0.25, 0.3) is 0 Å². The molecule has 0 heterocycles. The first-order valence-corrected chi connectivity index (χ1v) is 10.4. The number of carbonyl (C=O) groups excluding carboxylic acids is 2. The fourth-order valence-electron chi connectivity index (χ4n) is 3.53. The van der Waals surface area contributed by atoms with Gasteiger partial charge in [-0.05, 0) is 28.7 Å². The van der Waals surface area contributed by atoms with E-state index in [1.807, 2.05) is 84.9 Å². The van der Waals surface area contributed by atoms with E-state index in [1.54, 1.807) is 0 Å². The molecule has 2 N–H and O–H groups in total. The van der Waals surface area contributed by atoms with Crippen LogP contribution in [-0.4, -0.2) is 25.2 Å². The molecule has 5 nitrogen and oxygen atoms in total. The van der Waals surface area contributed by atoms with E-state index in [4.69, 9.17) is 4.74 Å². The molecule has 2 amide bonds. The normalized spacial score (nSPS) is 11.6. The topological polar surface area (TPSA) is 67.4 Å². The highest BCUT2D eigenvalue weighted by atomic mass is 16.5. The maximum atomic E-state index is 12.9. The number of hydrogen-bond donors (Lipinski definition) is 2. The fraction of sp³-hybridized carbons (Fsp3) is 0.231. The lowest BCUT2D eigenvalue weighted by Gasteiger charge is -2.23.